The normalized spacial score (nSPS) is 11.2. The topological polar surface area (TPSA) is 46.5 Å². The molecule has 4 heteroatoms. The third-order valence-corrected chi connectivity index (χ3v) is 3.77. The summed E-state index contributed by atoms with van der Waals surface area (Å²) in [6.07, 6.45) is 0.736. The van der Waals surface area contributed by atoms with Gasteiger partial charge in [-0.15, -0.1) is 0 Å². The minimum absolute atomic E-state index is 0.402. The van der Waals surface area contributed by atoms with Crippen LogP contribution in [0.4, 0.5) is 0 Å². The van der Waals surface area contributed by atoms with Crippen molar-refractivity contribution in [2.24, 2.45) is 0 Å². The SMILES string of the molecule is CC(C)(O)c1cccc(C=O)c1Oc1ccccc1I. The standard InChI is InChI=1S/C16H15IO3/c1-16(2,19)12-7-5-6-11(10-18)15(12)20-14-9-4-3-8-13(14)17/h3-10,19H,1-2H3. The second-order valence-electron chi connectivity index (χ2n) is 4.93. The summed E-state index contributed by atoms with van der Waals surface area (Å²) in [5.74, 6) is 1.06. The minimum atomic E-state index is -1.09. The molecule has 0 radical (unpaired) electrons. The predicted octanol–water partition coefficient (Wildman–Crippen LogP) is 4.12. The molecule has 2 aromatic carbocycles. The van der Waals surface area contributed by atoms with Gasteiger partial charge in [-0.05, 0) is 54.6 Å². The second-order valence-corrected chi connectivity index (χ2v) is 6.10. The Morgan fingerprint density at radius 2 is 1.85 bits per heavy atom. The van der Waals surface area contributed by atoms with E-state index in [9.17, 15) is 9.90 Å². The lowest BCUT2D eigenvalue weighted by atomic mass is 9.95. The summed E-state index contributed by atoms with van der Waals surface area (Å²) < 4.78 is 6.83. The molecule has 0 aliphatic rings. The molecule has 0 fully saturated rings. The van der Waals surface area contributed by atoms with Crippen LogP contribution in [0.1, 0.15) is 29.8 Å². The first-order chi connectivity index (χ1) is 9.43. The molecule has 0 amide bonds. The third kappa shape index (κ3) is 3.19. The molecule has 2 aromatic rings. The van der Waals surface area contributed by atoms with Crippen molar-refractivity contribution < 1.29 is 14.6 Å². The summed E-state index contributed by atoms with van der Waals surface area (Å²) in [5.41, 5.74) is -0.0831. The molecule has 0 atom stereocenters. The van der Waals surface area contributed by atoms with Crippen LogP contribution in [-0.4, -0.2) is 11.4 Å². The quantitative estimate of drug-likeness (QED) is 0.639. The fourth-order valence-electron chi connectivity index (χ4n) is 1.88. The number of ether oxygens (including phenoxy) is 1. The molecule has 0 aromatic heterocycles. The average Bonchev–Trinajstić information content (AvgIpc) is 2.40. The van der Waals surface area contributed by atoms with E-state index in [1.165, 1.54) is 0 Å². The Kier molecular flexibility index (Phi) is 4.45. The molecular weight excluding hydrogens is 367 g/mol. The number of aldehydes is 1. The predicted molar refractivity (Wildman–Crippen MR) is 86.3 cm³/mol. The number of aliphatic hydroxyl groups is 1. The molecule has 0 bridgehead atoms. The van der Waals surface area contributed by atoms with Crippen molar-refractivity contribution >= 4 is 28.9 Å². The van der Waals surface area contributed by atoms with Crippen LogP contribution in [0.3, 0.4) is 0 Å². The van der Waals surface area contributed by atoms with Crippen molar-refractivity contribution in [3.8, 4) is 11.5 Å². The first-order valence-corrected chi connectivity index (χ1v) is 7.25. The fraction of sp³-hybridized carbons (Fsp3) is 0.188. The van der Waals surface area contributed by atoms with Crippen LogP contribution in [0.15, 0.2) is 42.5 Å². The molecule has 3 nitrogen and oxygen atoms in total. The molecule has 0 aliphatic carbocycles. The van der Waals surface area contributed by atoms with E-state index in [0.717, 1.165) is 9.86 Å². The van der Waals surface area contributed by atoms with Crippen LogP contribution in [0.5, 0.6) is 11.5 Å². The van der Waals surface area contributed by atoms with E-state index in [0.29, 0.717) is 22.6 Å². The van der Waals surface area contributed by atoms with Gasteiger partial charge in [-0.3, -0.25) is 4.79 Å². The summed E-state index contributed by atoms with van der Waals surface area (Å²) in [5, 5.41) is 10.2. The van der Waals surface area contributed by atoms with Gasteiger partial charge >= 0.3 is 0 Å². The Bertz CT molecular complexity index is 630. The number of carbonyl (C=O) groups is 1. The summed E-state index contributed by atoms with van der Waals surface area (Å²) in [6, 6.07) is 12.7. The third-order valence-electron chi connectivity index (χ3n) is 2.88. The molecule has 0 aliphatic heterocycles. The lowest BCUT2D eigenvalue weighted by Crippen LogP contribution is -2.17. The molecule has 20 heavy (non-hydrogen) atoms. The Morgan fingerprint density at radius 3 is 2.45 bits per heavy atom. The zero-order valence-electron chi connectivity index (χ0n) is 11.3. The van der Waals surface area contributed by atoms with Crippen molar-refractivity contribution in [2.45, 2.75) is 19.4 Å². The van der Waals surface area contributed by atoms with Gasteiger partial charge in [0.1, 0.15) is 11.5 Å². The van der Waals surface area contributed by atoms with E-state index in [2.05, 4.69) is 22.6 Å². The molecule has 0 spiro atoms. The Morgan fingerprint density at radius 1 is 1.15 bits per heavy atom. The van der Waals surface area contributed by atoms with Crippen molar-refractivity contribution in [3.63, 3.8) is 0 Å². The van der Waals surface area contributed by atoms with Gasteiger partial charge in [0, 0.05) is 5.56 Å². The Hall–Kier alpha value is -1.40. The molecule has 2 rings (SSSR count). The Balaban J connectivity index is 2.55. The number of para-hydroxylation sites is 2. The van der Waals surface area contributed by atoms with E-state index in [1.54, 1.807) is 32.0 Å². The van der Waals surface area contributed by atoms with Gasteiger partial charge in [0.2, 0.25) is 0 Å². The zero-order chi connectivity index (χ0) is 14.8. The Labute approximate surface area is 131 Å². The minimum Gasteiger partial charge on any atom is -0.455 e. The molecule has 104 valence electrons. The molecule has 0 saturated carbocycles. The fourth-order valence-corrected chi connectivity index (χ4v) is 2.38. The lowest BCUT2D eigenvalue weighted by molar-refractivity contribution is 0.0761. The van der Waals surface area contributed by atoms with Crippen molar-refractivity contribution in [1.29, 1.82) is 0 Å². The van der Waals surface area contributed by atoms with Crippen LogP contribution in [0.2, 0.25) is 0 Å². The van der Waals surface area contributed by atoms with E-state index in [1.807, 2.05) is 24.3 Å². The van der Waals surface area contributed by atoms with Gasteiger partial charge in [-0.2, -0.15) is 0 Å². The van der Waals surface area contributed by atoms with Gasteiger partial charge in [-0.25, -0.2) is 0 Å². The summed E-state index contributed by atoms with van der Waals surface area (Å²) in [6.45, 7) is 3.33. The number of hydrogen-bond donors (Lipinski definition) is 1. The molecule has 0 heterocycles. The highest BCUT2D eigenvalue weighted by Gasteiger charge is 2.23. The number of hydrogen-bond acceptors (Lipinski definition) is 3. The van der Waals surface area contributed by atoms with Gasteiger partial charge < -0.3 is 9.84 Å². The number of benzene rings is 2. The zero-order valence-corrected chi connectivity index (χ0v) is 13.4. The van der Waals surface area contributed by atoms with E-state index < -0.39 is 5.60 Å². The first-order valence-electron chi connectivity index (χ1n) is 6.17. The molecule has 0 unspecified atom stereocenters. The van der Waals surface area contributed by atoms with Crippen LogP contribution in [0, 0.1) is 3.57 Å². The number of rotatable bonds is 4. The monoisotopic (exact) mass is 382 g/mol. The van der Waals surface area contributed by atoms with Crippen molar-refractivity contribution in [3.05, 3.63) is 57.2 Å². The van der Waals surface area contributed by atoms with E-state index in [4.69, 9.17) is 4.74 Å². The van der Waals surface area contributed by atoms with Crippen molar-refractivity contribution in [1.82, 2.24) is 0 Å². The van der Waals surface area contributed by atoms with Crippen LogP contribution in [0.25, 0.3) is 0 Å². The molecular formula is C16H15IO3. The number of halogens is 1. The van der Waals surface area contributed by atoms with Gasteiger partial charge in [-0.1, -0.05) is 24.3 Å². The van der Waals surface area contributed by atoms with Crippen LogP contribution >= 0.6 is 22.6 Å². The van der Waals surface area contributed by atoms with Crippen molar-refractivity contribution in [2.75, 3.05) is 0 Å². The molecule has 1 N–H and O–H groups in total. The van der Waals surface area contributed by atoms with Crippen LogP contribution < -0.4 is 4.74 Å². The molecule has 0 saturated heterocycles. The maximum atomic E-state index is 11.2. The summed E-state index contributed by atoms with van der Waals surface area (Å²) in [4.78, 5) is 11.2. The van der Waals surface area contributed by atoms with E-state index in [-0.39, 0.29) is 0 Å². The maximum Gasteiger partial charge on any atom is 0.153 e. The second kappa shape index (κ2) is 5.93. The van der Waals surface area contributed by atoms with Gasteiger partial charge in [0.05, 0.1) is 14.7 Å². The maximum absolute atomic E-state index is 11.2. The largest absolute Gasteiger partial charge is 0.455 e. The van der Waals surface area contributed by atoms with E-state index >= 15 is 0 Å². The number of carbonyl (C=O) groups excluding carboxylic acids is 1. The van der Waals surface area contributed by atoms with Gasteiger partial charge in [0.25, 0.3) is 0 Å². The highest BCUT2D eigenvalue weighted by atomic mass is 127. The first kappa shape index (κ1) is 15.0. The highest BCUT2D eigenvalue weighted by molar-refractivity contribution is 14.1. The lowest BCUT2D eigenvalue weighted by Gasteiger charge is -2.22. The van der Waals surface area contributed by atoms with Gasteiger partial charge in [0.15, 0.2) is 6.29 Å². The highest BCUT2D eigenvalue weighted by Crippen LogP contribution is 2.36. The summed E-state index contributed by atoms with van der Waals surface area (Å²) in [7, 11) is 0. The average molecular weight is 382 g/mol. The van der Waals surface area contributed by atoms with Crippen LogP contribution in [-0.2, 0) is 5.60 Å². The smallest absolute Gasteiger partial charge is 0.153 e. The summed E-state index contributed by atoms with van der Waals surface area (Å²) >= 11 is 2.17.